The average molecular weight is 248 g/mol. The molecular formula is C12H16N4O2. The van der Waals surface area contributed by atoms with E-state index in [1.165, 1.54) is 0 Å². The lowest BCUT2D eigenvalue weighted by atomic mass is 10.2. The van der Waals surface area contributed by atoms with Crippen molar-refractivity contribution >= 4 is 0 Å². The van der Waals surface area contributed by atoms with Crippen molar-refractivity contribution in [3.63, 3.8) is 0 Å². The first-order chi connectivity index (χ1) is 8.54. The molecule has 0 unspecified atom stereocenters. The Kier molecular flexibility index (Phi) is 3.18. The van der Waals surface area contributed by atoms with Gasteiger partial charge in [0.05, 0.1) is 18.1 Å². The number of aromatic amines is 1. The molecule has 2 aromatic rings. The molecule has 0 atom stereocenters. The Bertz CT molecular complexity index is 613. The van der Waals surface area contributed by atoms with Crippen molar-refractivity contribution in [1.82, 2.24) is 19.5 Å². The van der Waals surface area contributed by atoms with Crippen molar-refractivity contribution in [3.05, 3.63) is 28.4 Å². The van der Waals surface area contributed by atoms with Crippen molar-refractivity contribution in [3.8, 4) is 17.4 Å². The topological polar surface area (TPSA) is 83.8 Å². The number of H-pyrrole nitrogens is 1. The molecule has 96 valence electrons. The van der Waals surface area contributed by atoms with Crippen LogP contribution in [0.2, 0.25) is 0 Å². The van der Waals surface area contributed by atoms with Gasteiger partial charge in [-0.3, -0.25) is 4.79 Å². The minimum atomic E-state index is -0.309. The molecule has 2 aromatic heterocycles. The highest BCUT2D eigenvalue weighted by Gasteiger charge is 2.14. The van der Waals surface area contributed by atoms with Crippen LogP contribution in [-0.4, -0.2) is 24.6 Å². The van der Waals surface area contributed by atoms with Crippen LogP contribution in [0.5, 0.6) is 5.88 Å². The highest BCUT2D eigenvalue weighted by atomic mass is 16.3. The predicted molar refractivity (Wildman–Crippen MR) is 67.5 cm³/mol. The molecule has 2 N–H and O–H groups in total. The number of aromatic hydroxyl groups is 1. The fraction of sp³-hybridized carbons (Fsp3) is 0.417. The van der Waals surface area contributed by atoms with E-state index in [1.54, 1.807) is 19.4 Å². The van der Waals surface area contributed by atoms with Gasteiger partial charge in [0, 0.05) is 6.04 Å². The van der Waals surface area contributed by atoms with Gasteiger partial charge in [-0.25, -0.2) is 4.98 Å². The maximum absolute atomic E-state index is 11.8. The van der Waals surface area contributed by atoms with Gasteiger partial charge in [-0.15, -0.1) is 0 Å². The van der Waals surface area contributed by atoms with Gasteiger partial charge in [0.15, 0.2) is 5.82 Å². The van der Waals surface area contributed by atoms with Crippen LogP contribution in [0, 0.1) is 0 Å². The van der Waals surface area contributed by atoms with Crippen LogP contribution in [0.25, 0.3) is 11.5 Å². The zero-order valence-electron chi connectivity index (χ0n) is 10.6. The van der Waals surface area contributed by atoms with E-state index >= 15 is 0 Å². The van der Waals surface area contributed by atoms with E-state index in [1.807, 2.05) is 18.4 Å². The molecule has 6 nitrogen and oxygen atoms in total. The largest absolute Gasteiger partial charge is 0.493 e. The summed E-state index contributed by atoms with van der Waals surface area (Å²) in [5.41, 5.74) is 0.672. The molecule has 2 rings (SSSR count). The minimum Gasteiger partial charge on any atom is -0.493 e. The average Bonchev–Trinajstić information content (AvgIpc) is 2.77. The number of imidazole rings is 1. The maximum Gasteiger partial charge on any atom is 0.258 e. The molecule has 0 aromatic carbocycles. The van der Waals surface area contributed by atoms with E-state index in [4.69, 9.17) is 0 Å². The van der Waals surface area contributed by atoms with Crippen molar-refractivity contribution in [2.24, 2.45) is 0 Å². The summed E-state index contributed by atoms with van der Waals surface area (Å²) in [6, 6.07) is 0.195. The summed E-state index contributed by atoms with van der Waals surface area (Å²) in [6.45, 7) is 5.80. The van der Waals surface area contributed by atoms with E-state index in [9.17, 15) is 9.90 Å². The van der Waals surface area contributed by atoms with Crippen LogP contribution in [-0.2, 0) is 6.42 Å². The Morgan fingerprint density at radius 2 is 2.22 bits per heavy atom. The summed E-state index contributed by atoms with van der Waals surface area (Å²) in [5, 5.41) is 9.74. The first-order valence-corrected chi connectivity index (χ1v) is 5.89. The van der Waals surface area contributed by atoms with Crippen LogP contribution in [0.4, 0.5) is 0 Å². The fourth-order valence-corrected chi connectivity index (χ4v) is 1.83. The summed E-state index contributed by atoms with van der Waals surface area (Å²) < 4.78 is 1.88. The van der Waals surface area contributed by atoms with Crippen LogP contribution in [0.1, 0.15) is 32.4 Å². The monoisotopic (exact) mass is 248 g/mol. The lowest BCUT2D eigenvalue weighted by Crippen LogP contribution is -2.15. The Morgan fingerprint density at radius 1 is 1.50 bits per heavy atom. The third-order valence-electron chi connectivity index (χ3n) is 2.81. The number of hydrogen-bond acceptors (Lipinski definition) is 4. The highest BCUT2D eigenvalue weighted by Crippen LogP contribution is 2.20. The molecule has 0 radical (unpaired) electrons. The fourth-order valence-electron chi connectivity index (χ4n) is 1.83. The number of aromatic nitrogens is 4. The molecule has 18 heavy (non-hydrogen) atoms. The quantitative estimate of drug-likeness (QED) is 0.861. The Hall–Kier alpha value is -2.11. The number of hydrogen-bond donors (Lipinski definition) is 2. The second kappa shape index (κ2) is 4.64. The van der Waals surface area contributed by atoms with E-state index < -0.39 is 0 Å². The predicted octanol–water partition coefficient (Wildman–Crippen LogP) is 1.48. The Morgan fingerprint density at radius 3 is 2.78 bits per heavy atom. The van der Waals surface area contributed by atoms with Gasteiger partial charge in [0.1, 0.15) is 5.69 Å². The molecule has 0 aliphatic rings. The van der Waals surface area contributed by atoms with Gasteiger partial charge in [0.2, 0.25) is 5.88 Å². The molecule has 2 heterocycles. The number of nitrogens with zero attached hydrogens (tertiary/aromatic N) is 3. The Balaban J connectivity index is 2.59. The van der Waals surface area contributed by atoms with E-state index in [0.717, 1.165) is 0 Å². The number of rotatable bonds is 3. The van der Waals surface area contributed by atoms with E-state index in [0.29, 0.717) is 23.5 Å². The van der Waals surface area contributed by atoms with E-state index in [-0.39, 0.29) is 17.5 Å². The molecule has 0 saturated carbocycles. The van der Waals surface area contributed by atoms with Gasteiger partial charge >= 0.3 is 0 Å². The summed E-state index contributed by atoms with van der Waals surface area (Å²) in [5.74, 6) is 0.119. The third kappa shape index (κ3) is 2.01. The molecule has 0 amide bonds. The molecule has 6 heteroatoms. The van der Waals surface area contributed by atoms with Gasteiger partial charge in [-0.1, -0.05) is 6.92 Å². The lowest BCUT2D eigenvalue weighted by Gasteiger charge is -2.11. The van der Waals surface area contributed by atoms with Gasteiger partial charge in [-0.2, -0.15) is 4.98 Å². The first kappa shape index (κ1) is 12.3. The zero-order valence-corrected chi connectivity index (χ0v) is 10.6. The molecule has 0 saturated heterocycles. The smallest absolute Gasteiger partial charge is 0.258 e. The van der Waals surface area contributed by atoms with E-state index in [2.05, 4.69) is 15.0 Å². The first-order valence-electron chi connectivity index (χ1n) is 5.89. The van der Waals surface area contributed by atoms with Crippen molar-refractivity contribution < 1.29 is 5.11 Å². The molecular weight excluding hydrogens is 232 g/mol. The molecule has 0 aliphatic heterocycles. The SMILES string of the molecule is CCc1c(O)nc(-c2cncn2C(C)C)[nH]c1=O. The summed E-state index contributed by atoms with van der Waals surface area (Å²) in [6.07, 6.45) is 3.73. The van der Waals surface area contributed by atoms with Crippen LogP contribution in [0.3, 0.4) is 0 Å². The zero-order chi connectivity index (χ0) is 13.3. The second-order valence-corrected chi connectivity index (χ2v) is 4.35. The maximum atomic E-state index is 11.8. The molecule has 0 bridgehead atoms. The summed E-state index contributed by atoms with van der Waals surface area (Å²) in [7, 11) is 0. The van der Waals surface area contributed by atoms with Crippen LogP contribution < -0.4 is 5.56 Å². The Labute approximate surface area is 104 Å². The molecule has 0 spiro atoms. The molecule has 0 fully saturated rings. The highest BCUT2D eigenvalue weighted by molar-refractivity contribution is 5.50. The normalized spacial score (nSPS) is 11.1. The summed E-state index contributed by atoms with van der Waals surface area (Å²) >= 11 is 0. The standard InChI is InChI=1S/C12H16N4O2/c1-4-8-11(17)14-10(15-12(8)18)9-5-13-6-16(9)7(2)3/h5-7H,4H2,1-3H3,(H2,14,15,17,18). The van der Waals surface area contributed by atoms with Gasteiger partial charge in [0.25, 0.3) is 5.56 Å². The van der Waals surface area contributed by atoms with Gasteiger partial charge < -0.3 is 14.7 Å². The minimum absolute atomic E-state index is 0.195. The van der Waals surface area contributed by atoms with Gasteiger partial charge in [-0.05, 0) is 20.3 Å². The van der Waals surface area contributed by atoms with Crippen molar-refractivity contribution in [2.45, 2.75) is 33.2 Å². The summed E-state index contributed by atoms with van der Waals surface area (Å²) in [4.78, 5) is 22.5. The van der Waals surface area contributed by atoms with Crippen LogP contribution >= 0.6 is 0 Å². The van der Waals surface area contributed by atoms with Crippen molar-refractivity contribution in [2.75, 3.05) is 0 Å². The second-order valence-electron chi connectivity index (χ2n) is 4.35. The third-order valence-corrected chi connectivity index (χ3v) is 2.81. The van der Waals surface area contributed by atoms with Crippen LogP contribution in [0.15, 0.2) is 17.3 Å². The molecule has 0 aliphatic carbocycles. The number of nitrogens with one attached hydrogen (secondary N) is 1. The lowest BCUT2D eigenvalue weighted by molar-refractivity contribution is 0.444. The van der Waals surface area contributed by atoms with Crippen molar-refractivity contribution in [1.29, 1.82) is 0 Å².